The number of hydrogen-bond donors (Lipinski definition) is 2. The van der Waals surface area contributed by atoms with Gasteiger partial charge in [0.15, 0.2) is 0 Å². The predicted molar refractivity (Wildman–Crippen MR) is 87.0 cm³/mol. The van der Waals surface area contributed by atoms with Crippen LogP contribution in [0.3, 0.4) is 0 Å². The van der Waals surface area contributed by atoms with Gasteiger partial charge in [0.2, 0.25) is 5.91 Å². The highest BCUT2D eigenvalue weighted by Gasteiger charge is 2.27. The van der Waals surface area contributed by atoms with Gasteiger partial charge in [-0.3, -0.25) is 4.79 Å². The first-order chi connectivity index (χ1) is 9.63. The molecule has 0 radical (unpaired) electrons. The normalized spacial score (nSPS) is 16.8. The number of carbonyl (C=O) groups is 1. The summed E-state index contributed by atoms with van der Waals surface area (Å²) in [6, 6.07) is 13.6. The van der Waals surface area contributed by atoms with E-state index in [0.29, 0.717) is 5.69 Å². The highest BCUT2D eigenvalue weighted by atomic mass is 79.9. The Morgan fingerprint density at radius 3 is 2.85 bits per heavy atom. The Morgan fingerprint density at radius 1 is 1.30 bits per heavy atom. The van der Waals surface area contributed by atoms with E-state index < -0.39 is 0 Å². The first-order valence-corrected chi connectivity index (χ1v) is 7.91. The van der Waals surface area contributed by atoms with Crippen molar-refractivity contribution in [1.29, 1.82) is 0 Å². The molecule has 102 valence electrons. The third-order valence-electron chi connectivity index (χ3n) is 3.21. The van der Waals surface area contributed by atoms with E-state index in [1.165, 1.54) is 10.5 Å². The number of nitrogens with two attached hydrogens (primary N) is 1. The summed E-state index contributed by atoms with van der Waals surface area (Å²) in [5.41, 5.74) is 8.40. The molecule has 2 aromatic rings. The maximum atomic E-state index is 12.3. The van der Waals surface area contributed by atoms with Gasteiger partial charge in [0.1, 0.15) is 0 Å². The molecule has 2 aromatic carbocycles. The second kappa shape index (κ2) is 5.50. The lowest BCUT2D eigenvalue weighted by Gasteiger charge is -2.10. The predicted octanol–water partition coefficient (Wildman–Crippen LogP) is 3.69. The summed E-state index contributed by atoms with van der Waals surface area (Å²) < 4.78 is 0.790. The molecular formula is C15H13BrN2OS. The molecule has 1 heterocycles. The Bertz CT molecular complexity index is 650. The van der Waals surface area contributed by atoms with Crippen molar-refractivity contribution < 1.29 is 4.79 Å². The van der Waals surface area contributed by atoms with Crippen molar-refractivity contribution in [3.63, 3.8) is 0 Å². The van der Waals surface area contributed by atoms with Gasteiger partial charge in [-0.15, -0.1) is 11.8 Å². The van der Waals surface area contributed by atoms with Crippen LogP contribution in [0.4, 0.5) is 11.4 Å². The SMILES string of the molecule is Nc1ccc(NC(=O)C2Cc3ccccc3S2)cc1Br. The zero-order chi connectivity index (χ0) is 14.1. The van der Waals surface area contributed by atoms with Gasteiger partial charge in [-0.05, 0) is 52.2 Å². The van der Waals surface area contributed by atoms with E-state index in [1.807, 2.05) is 24.3 Å². The van der Waals surface area contributed by atoms with E-state index in [4.69, 9.17) is 5.73 Å². The van der Waals surface area contributed by atoms with Crippen LogP contribution in [0, 0.1) is 0 Å². The van der Waals surface area contributed by atoms with Crippen molar-refractivity contribution in [3.05, 3.63) is 52.5 Å². The zero-order valence-electron chi connectivity index (χ0n) is 10.6. The zero-order valence-corrected chi connectivity index (χ0v) is 13.0. The lowest BCUT2D eigenvalue weighted by molar-refractivity contribution is -0.115. The lowest BCUT2D eigenvalue weighted by Crippen LogP contribution is -2.24. The summed E-state index contributed by atoms with van der Waals surface area (Å²) in [5, 5.41) is 2.88. The second-order valence-electron chi connectivity index (χ2n) is 4.64. The van der Waals surface area contributed by atoms with Gasteiger partial charge in [-0.1, -0.05) is 18.2 Å². The summed E-state index contributed by atoms with van der Waals surface area (Å²) in [4.78, 5) is 13.5. The lowest BCUT2D eigenvalue weighted by atomic mass is 10.1. The van der Waals surface area contributed by atoms with Crippen molar-refractivity contribution in [2.75, 3.05) is 11.1 Å². The van der Waals surface area contributed by atoms with Crippen LogP contribution in [-0.4, -0.2) is 11.2 Å². The van der Waals surface area contributed by atoms with E-state index in [-0.39, 0.29) is 11.2 Å². The summed E-state index contributed by atoms with van der Waals surface area (Å²) in [6.07, 6.45) is 0.781. The number of hydrogen-bond acceptors (Lipinski definition) is 3. The Balaban J connectivity index is 1.71. The van der Waals surface area contributed by atoms with E-state index in [9.17, 15) is 4.79 Å². The number of amides is 1. The van der Waals surface area contributed by atoms with Gasteiger partial charge in [-0.25, -0.2) is 0 Å². The third kappa shape index (κ3) is 2.69. The molecule has 0 saturated carbocycles. The molecule has 0 spiro atoms. The number of thioether (sulfide) groups is 1. The molecule has 1 atom stereocenters. The van der Waals surface area contributed by atoms with Crippen molar-refractivity contribution in [2.45, 2.75) is 16.6 Å². The Morgan fingerprint density at radius 2 is 2.10 bits per heavy atom. The van der Waals surface area contributed by atoms with Gasteiger partial charge in [0.05, 0.1) is 5.25 Å². The van der Waals surface area contributed by atoms with Gasteiger partial charge >= 0.3 is 0 Å². The van der Waals surface area contributed by atoms with Gasteiger partial charge < -0.3 is 11.1 Å². The molecule has 3 rings (SSSR count). The fourth-order valence-electron chi connectivity index (χ4n) is 2.16. The Labute approximate surface area is 130 Å². The standard InChI is InChI=1S/C15H13BrN2OS/c16-11-8-10(5-6-12(11)17)18-15(19)14-7-9-3-1-2-4-13(9)20-14/h1-6,8,14H,7,17H2,(H,18,19). The molecule has 0 saturated heterocycles. The molecule has 20 heavy (non-hydrogen) atoms. The maximum Gasteiger partial charge on any atom is 0.238 e. The molecular weight excluding hydrogens is 336 g/mol. The number of nitrogens with one attached hydrogen (secondary N) is 1. The molecule has 0 aromatic heterocycles. The molecule has 0 fully saturated rings. The topological polar surface area (TPSA) is 55.1 Å². The number of halogens is 1. The Kier molecular flexibility index (Phi) is 3.72. The highest BCUT2D eigenvalue weighted by Crippen LogP contribution is 2.37. The van der Waals surface area contributed by atoms with E-state index >= 15 is 0 Å². The molecule has 1 aliphatic heterocycles. The number of nitrogen functional groups attached to an aromatic ring is 1. The number of rotatable bonds is 2. The van der Waals surface area contributed by atoms with Crippen molar-refractivity contribution in [2.24, 2.45) is 0 Å². The number of carbonyl (C=O) groups excluding carboxylic acids is 1. The van der Waals surface area contributed by atoms with E-state index in [0.717, 1.165) is 16.6 Å². The van der Waals surface area contributed by atoms with Crippen molar-refractivity contribution in [1.82, 2.24) is 0 Å². The quantitative estimate of drug-likeness (QED) is 0.813. The monoisotopic (exact) mass is 348 g/mol. The molecule has 1 unspecified atom stereocenters. The Hall–Kier alpha value is -1.46. The fraction of sp³-hybridized carbons (Fsp3) is 0.133. The minimum atomic E-state index is -0.0660. The van der Waals surface area contributed by atoms with Crippen LogP contribution in [0.5, 0.6) is 0 Å². The van der Waals surface area contributed by atoms with Gasteiger partial charge in [-0.2, -0.15) is 0 Å². The minimum Gasteiger partial charge on any atom is -0.398 e. The van der Waals surface area contributed by atoms with Gasteiger partial charge in [0.25, 0.3) is 0 Å². The van der Waals surface area contributed by atoms with Crippen LogP contribution in [0.15, 0.2) is 51.8 Å². The van der Waals surface area contributed by atoms with Crippen LogP contribution in [0.25, 0.3) is 0 Å². The summed E-state index contributed by atoms with van der Waals surface area (Å²) in [7, 11) is 0. The fourth-order valence-corrected chi connectivity index (χ4v) is 3.73. The van der Waals surface area contributed by atoms with Gasteiger partial charge in [0, 0.05) is 20.7 Å². The van der Waals surface area contributed by atoms with Crippen LogP contribution in [-0.2, 0) is 11.2 Å². The highest BCUT2D eigenvalue weighted by molar-refractivity contribution is 9.10. The molecule has 0 aliphatic carbocycles. The molecule has 5 heteroatoms. The maximum absolute atomic E-state index is 12.3. The van der Waals surface area contributed by atoms with Crippen LogP contribution in [0.1, 0.15) is 5.56 Å². The largest absolute Gasteiger partial charge is 0.398 e. The third-order valence-corrected chi connectivity index (χ3v) is 5.21. The summed E-state index contributed by atoms with van der Waals surface area (Å²) >= 11 is 4.98. The van der Waals surface area contributed by atoms with Crippen LogP contribution >= 0.6 is 27.7 Å². The smallest absolute Gasteiger partial charge is 0.238 e. The molecule has 3 nitrogen and oxygen atoms in total. The summed E-state index contributed by atoms with van der Waals surface area (Å²) in [6.45, 7) is 0. The van der Waals surface area contributed by atoms with E-state index in [1.54, 1.807) is 17.8 Å². The minimum absolute atomic E-state index is 0.0304. The average molecular weight is 349 g/mol. The first kappa shape index (κ1) is 13.5. The number of benzene rings is 2. The van der Waals surface area contributed by atoms with E-state index in [2.05, 4.69) is 33.4 Å². The number of fused-ring (bicyclic) bond motifs is 1. The molecule has 3 N–H and O–H groups in total. The summed E-state index contributed by atoms with van der Waals surface area (Å²) in [5.74, 6) is 0.0304. The molecule has 0 bridgehead atoms. The first-order valence-electron chi connectivity index (χ1n) is 6.24. The van der Waals surface area contributed by atoms with Crippen LogP contribution < -0.4 is 11.1 Å². The molecule has 1 amide bonds. The number of anilines is 2. The van der Waals surface area contributed by atoms with Crippen molar-refractivity contribution >= 4 is 45.0 Å². The van der Waals surface area contributed by atoms with Crippen molar-refractivity contribution in [3.8, 4) is 0 Å². The second-order valence-corrected chi connectivity index (χ2v) is 6.74. The molecule has 1 aliphatic rings. The van der Waals surface area contributed by atoms with Crippen LogP contribution in [0.2, 0.25) is 0 Å². The average Bonchev–Trinajstić information content (AvgIpc) is 2.87.